The van der Waals surface area contributed by atoms with Gasteiger partial charge in [0.25, 0.3) is 0 Å². The van der Waals surface area contributed by atoms with Crippen LogP contribution in [-0.4, -0.2) is 47.4 Å². The van der Waals surface area contributed by atoms with Gasteiger partial charge in [-0.1, -0.05) is 296 Å². The SMILES string of the molecule is CCCCCCCCCCCCCCCCC(O)C(CO)NC(=O)CCCCCCCCCCC/C=C\CCCCCCCCCCCCCCOC(=O)CCCCCCCCCCCCCC. The maximum atomic E-state index is 12.5. The number of unbranched alkanes of at least 4 members (excludes halogenated alkanes) is 45. The number of esters is 1. The van der Waals surface area contributed by atoms with Gasteiger partial charge in [-0.2, -0.15) is 0 Å². The largest absolute Gasteiger partial charge is 0.466 e. The van der Waals surface area contributed by atoms with Gasteiger partial charge in [0.1, 0.15) is 0 Å². The molecule has 0 aliphatic heterocycles. The van der Waals surface area contributed by atoms with E-state index in [9.17, 15) is 19.8 Å². The third-order valence-electron chi connectivity index (χ3n) is 14.6. The van der Waals surface area contributed by atoms with E-state index >= 15 is 0 Å². The Morgan fingerprint density at radius 2 is 0.691 bits per heavy atom. The Morgan fingerprint density at radius 1 is 0.397 bits per heavy atom. The number of ether oxygens (including phenoxy) is 1. The number of hydrogen-bond acceptors (Lipinski definition) is 5. The van der Waals surface area contributed by atoms with Gasteiger partial charge in [-0.15, -0.1) is 0 Å². The summed E-state index contributed by atoms with van der Waals surface area (Å²) in [5.74, 6) is -0.0213. The molecular formula is C62H121NO5. The van der Waals surface area contributed by atoms with Crippen LogP contribution in [0, 0.1) is 0 Å². The molecule has 0 spiro atoms. The predicted octanol–water partition coefficient (Wildman–Crippen LogP) is 19.2. The van der Waals surface area contributed by atoms with Gasteiger partial charge in [-0.25, -0.2) is 0 Å². The quantitative estimate of drug-likeness (QED) is 0.0321. The minimum Gasteiger partial charge on any atom is -0.466 e. The normalized spacial score (nSPS) is 12.6. The number of aliphatic hydroxyl groups excluding tert-OH is 2. The van der Waals surface area contributed by atoms with Crippen molar-refractivity contribution in [3.63, 3.8) is 0 Å². The fraction of sp³-hybridized carbons (Fsp3) is 0.935. The van der Waals surface area contributed by atoms with E-state index in [1.165, 1.54) is 276 Å². The highest BCUT2D eigenvalue weighted by Crippen LogP contribution is 2.18. The number of amides is 1. The van der Waals surface area contributed by atoms with Crippen LogP contribution >= 0.6 is 0 Å². The Hall–Kier alpha value is -1.40. The first kappa shape index (κ1) is 66.6. The molecular weight excluding hydrogens is 839 g/mol. The maximum Gasteiger partial charge on any atom is 0.305 e. The van der Waals surface area contributed by atoms with Crippen molar-refractivity contribution >= 4 is 11.9 Å². The molecule has 0 aromatic rings. The van der Waals surface area contributed by atoms with Crippen LogP contribution in [0.2, 0.25) is 0 Å². The number of allylic oxidation sites excluding steroid dienone is 2. The first-order chi connectivity index (χ1) is 33.5. The summed E-state index contributed by atoms with van der Waals surface area (Å²) in [6.45, 7) is 4.97. The zero-order valence-electron chi connectivity index (χ0n) is 46.1. The molecule has 2 unspecified atom stereocenters. The Kier molecular flexibility index (Phi) is 57.0. The van der Waals surface area contributed by atoms with Gasteiger partial charge in [-0.05, 0) is 51.4 Å². The van der Waals surface area contributed by atoms with Crippen molar-refractivity contribution in [2.45, 2.75) is 360 Å². The molecule has 0 rings (SSSR count). The topological polar surface area (TPSA) is 95.9 Å². The van der Waals surface area contributed by atoms with E-state index in [0.29, 0.717) is 25.9 Å². The summed E-state index contributed by atoms with van der Waals surface area (Å²) in [6, 6.07) is -0.542. The summed E-state index contributed by atoms with van der Waals surface area (Å²) in [5, 5.41) is 23.3. The Bertz CT molecular complexity index is 1020. The molecule has 0 saturated heterocycles. The molecule has 6 nitrogen and oxygen atoms in total. The minimum absolute atomic E-state index is 0.0147. The van der Waals surface area contributed by atoms with Crippen molar-refractivity contribution in [1.82, 2.24) is 5.32 Å². The van der Waals surface area contributed by atoms with Crippen LogP contribution in [0.4, 0.5) is 0 Å². The molecule has 0 radical (unpaired) electrons. The molecule has 2 atom stereocenters. The standard InChI is InChI=1S/C62H121NO5/c1-3-5-7-9-11-13-15-17-31-34-38-42-46-50-54-60(65)59(58-64)63-61(66)55-51-47-43-39-35-32-29-27-25-23-21-19-18-20-22-24-26-28-30-33-37-41-45-49-53-57-68-62(67)56-52-48-44-40-36-16-14-12-10-8-6-4-2/h19,21,59-60,64-65H,3-18,20,22-58H2,1-2H3,(H,63,66)/b21-19-. The van der Waals surface area contributed by atoms with Gasteiger partial charge in [0.15, 0.2) is 0 Å². The van der Waals surface area contributed by atoms with Crippen LogP contribution in [0.1, 0.15) is 348 Å². The first-order valence-corrected chi connectivity index (χ1v) is 30.9. The van der Waals surface area contributed by atoms with E-state index in [0.717, 1.165) is 38.5 Å². The zero-order valence-corrected chi connectivity index (χ0v) is 46.1. The second-order valence-electron chi connectivity index (χ2n) is 21.4. The van der Waals surface area contributed by atoms with Crippen molar-refractivity contribution in [2.24, 2.45) is 0 Å². The third-order valence-corrected chi connectivity index (χ3v) is 14.6. The van der Waals surface area contributed by atoms with Gasteiger partial charge < -0.3 is 20.3 Å². The monoisotopic (exact) mass is 960 g/mol. The molecule has 0 aliphatic carbocycles. The van der Waals surface area contributed by atoms with Gasteiger partial charge in [0.05, 0.1) is 25.4 Å². The molecule has 0 heterocycles. The highest BCUT2D eigenvalue weighted by Gasteiger charge is 2.20. The summed E-state index contributed by atoms with van der Waals surface area (Å²) in [6.07, 6.45) is 69.4. The number of hydrogen-bond donors (Lipinski definition) is 3. The van der Waals surface area contributed by atoms with E-state index < -0.39 is 12.1 Å². The molecule has 0 fully saturated rings. The summed E-state index contributed by atoms with van der Waals surface area (Å²) >= 11 is 0. The number of carbonyl (C=O) groups is 2. The Morgan fingerprint density at radius 3 is 1.04 bits per heavy atom. The van der Waals surface area contributed by atoms with Crippen molar-refractivity contribution in [3.05, 3.63) is 12.2 Å². The summed E-state index contributed by atoms with van der Waals surface area (Å²) in [4.78, 5) is 24.5. The molecule has 68 heavy (non-hydrogen) atoms. The van der Waals surface area contributed by atoms with Crippen LogP contribution < -0.4 is 5.32 Å². The molecule has 1 amide bonds. The van der Waals surface area contributed by atoms with Crippen LogP contribution in [0.3, 0.4) is 0 Å². The number of aliphatic hydroxyl groups is 2. The number of carbonyl (C=O) groups excluding carboxylic acids is 2. The molecule has 404 valence electrons. The lowest BCUT2D eigenvalue weighted by Crippen LogP contribution is -2.45. The molecule has 0 aromatic heterocycles. The second-order valence-corrected chi connectivity index (χ2v) is 21.4. The fourth-order valence-electron chi connectivity index (χ4n) is 9.81. The highest BCUT2D eigenvalue weighted by atomic mass is 16.5. The number of rotatable bonds is 58. The average molecular weight is 961 g/mol. The second kappa shape index (κ2) is 58.2. The van der Waals surface area contributed by atoms with E-state index in [-0.39, 0.29) is 18.5 Å². The molecule has 6 heteroatoms. The van der Waals surface area contributed by atoms with Crippen LogP contribution in [-0.2, 0) is 14.3 Å². The Balaban J connectivity index is 3.38. The van der Waals surface area contributed by atoms with Crippen LogP contribution in [0.5, 0.6) is 0 Å². The van der Waals surface area contributed by atoms with Crippen molar-refractivity contribution in [3.8, 4) is 0 Å². The third kappa shape index (κ3) is 53.9. The van der Waals surface area contributed by atoms with E-state index in [4.69, 9.17) is 4.74 Å². The van der Waals surface area contributed by atoms with E-state index in [1.54, 1.807) is 0 Å². The summed E-state index contributed by atoms with van der Waals surface area (Å²) in [5.41, 5.74) is 0. The average Bonchev–Trinajstić information content (AvgIpc) is 3.34. The molecule has 0 saturated carbocycles. The van der Waals surface area contributed by atoms with Crippen molar-refractivity contribution in [2.75, 3.05) is 13.2 Å². The van der Waals surface area contributed by atoms with Crippen LogP contribution in [0.15, 0.2) is 12.2 Å². The molecule has 3 N–H and O–H groups in total. The molecule has 0 aliphatic rings. The lowest BCUT2D eigenvalue weighted by Gasteiger charge is -2.22. The Labute approximate surface area is 425 Å². The van der Waals surface area contributed by atoms with Gasteiger partial charge >= 0.3 is 5.97 Å². The predicted molar refractivity (Wildman–Crippen MR) is 297 cm³/mol. The van der Waals surface area contributed by atoms with Gasteiger partial charge in [0.2, 0.25) is 5.91 Å². The molecule has 0 aromatic carbocycles. The summed E-state index contributed by atoms with van der Waals surface area (Å²) in [7, 11) is 0. The smallest absolute Gasteiger partial charge is 0.305 e. The minimum atomic E-state index is -0.665. The van der Waals surface area contributed by atoms with Gasteiger partial charge in [-0.3, -0.25) is 9.59 Å². The lowest BCUT2D eigenvalue weighted by molar-refractivity contribution is -0.143. The van der Waals surface area contributed by atoms with Crippen molar-refractivity contribution < 1.29 is 24.5 Å². The lowest BCUT2D eigenvalue weighted by atomic mass is 10.0. The van der Waals surface area contributed by atoms with Gasteiger partial charge in [0, 0.05) is 12.8 Å². The molecule has 0 bridgehead atoms. The first-order valence-electron chi connectivity index (χ1n) is 30.9. The number of nitrogens with one attached hydrogen (secondary N) is 1. The fourth-order valence-corrected chi connectivity index (χ4v) is 9.81. The van der Waals surface area contributed by atoms with E-state index in [1.807, 2.05) is 0 Å². The van der Waals surface area contributed by atoms with E-state index in [2.05, 4.69) is 31.3 Å². The highest BCUT2D eigenvalue weighted by molar-refractivity contribution is 5.76. The van der Waals surface area contributed by atoms with Crippen molar-refractivity contribution in [1.29, 1.82) is 0 Å². The maximum absolute atomic E-state index is 12.5. The zero-order chi connectivity index (χ0) is 49.3. The summed E-state index contributed by atoms with van der Waals surface area (Å²) < 4.78 is 5.47. The van der Waals surface area contributed by atoms with Crippen LogP contribution in [0.25, 0.3) is 0 Å².